The summed E-state index contributed by atoms with van der Waals surface area (Å²) >= 11 is 0. The number of fused-ring (bicyclic) bond motifs is 1. The highest BCUT2D eigenvalue weighted by atomic mass is 15.1. The van der Waals surface area contributed by atoms with Gasteiger partial charge in [-0.2, -0.15) is 0 Å². The van der Waals surface area contributed by atoms with Gasteiger partial charge in [0.2, 0.25) is 0 Å². The van der Waals surface area contributed by atoms with E-state index in [2.05, 4.69) is 5.32 Å². The van der Waals surface area contributed by atoms with Gasteiger partial charge in [-0.15, -0.1) is 0 Å². The second kappa shape index (κ2) is 2.53. The Hall–Kier alpha value is -1.48. The van der Waals surface area contributed by atoms with E-state index in [4.69, 9.17) is 11.5 Å². The maximum atomic E-state index is 5.80. The second-order valence-electron chi connectivity index (χ2n) is 2.85. The van der Waals surface area contributed by atoms with Crippen LogP contribution in [-0.2, 0) is 0 Å². The minimum absolute atomic E-state index is 0.175. The van der Waals surface area contributed by atoms with Crippen molar-refractivity contribution < 1.29 is 0 Å². The Bertz CT molecular complexity index is 330. The van der Waals surface area contributed by atoms with E-state index in [0.717, 1.165) is 11.1 Å². The van der Waals surface area contributed by atoms with Gasteiger partial charge in [-0.25, -0.2) is 0 Å². The van der Waals surface area contributed by atoms with Crippen molar-refractivity contribution >= 4 is 6.08 Å². The SMILES string of the molecule is NC1=Cc2ccccc2C(N)N1. The van der Waals surface area contributed by atoms with Crippen LogP contribution in [0.15, 0.2) is 30.1 Å². The Balaban J connectivity index is 2.55. The van der Waals surface area contributed by atoms with Gasteiger partial charge in [-0.05, 0) is 17.2 Å². The maximum Gasteiger partial charge on any atom is 0.102 e. The average molecular weight is 161 g/mol. The van der Waals surface area contributed by atoms with E-state index >= 15 is 0 Å². The van der Waals surface area contributed by atoms with Gasteiger partial charge in [0.05, 0.1) is 5.82 Å². The summed E-state index contributed by atoms with van der Waals surface area (Å²) in [6, 6.07) is 7.94. The van der Waals surface area contributed by atoms with Gasteiger partial charge >= 0.3 is 0 Å². The summed E-state index contributed by atoms with van der Waals surface area (Å²) in [5, 5.41) is 2.95. The van der Waals surface area contributed by atoms with Crippen molar-refractivity contribution in [3.8, 4) is 0 Å². The molecule has 0 bridgehead atoms. The van der Waals surface area contributed by atoms with Crippen LogP contribution in [-0.4, -0.2) is 0 Å². The third-order valence-electron chi connectivity index (χ3n) is 1.96. The predicted octanol–water partition coefficient (Wildman–Crippen LogP) is 0.504. The van der Waals surface area contributed by atoms with Gasteiger partial charge in [-0.1, -0.05) is 24.3 Å². The van der Waals surface area contributed by atoms with E-state index in [-0.39, 0.29) is 6.17 Å². The normalized spacial score (nSPS) is 20.8. The van der Waals surface area contributed by atoms with E-state index in [1.165, 1.54) is 0 Å². The Kier molecular flexibility index (Phi) is 1.52. The summed E-state index contributed by atoms with van der Waals surface area (Å²) in [5.41, 5.74) is 13.6. The molecule has 1 atom stereocenters. The first-order chi connectivity index (χ1) is 5.77. The van der Waals surface area contributed by atoms with Crippen molar-refractivity contribution in [1.82, 2.24) is 5.32 Å². The van der Waals surface area contributed by atoms with Gasteiger partial charge in [0, 0.05) is 0 Å². The molecule has 62 valence electrons. The topological polar surface area (TPSA) is 64.1 Å². The molecule has 0 saturated heterocycles. The van der Waals surface area contributed by atoms with Gasteiger partial charge < -0.3 is 16.8 Å². The largest absolute Gasteiger partial charge is 0.385 e. The van der Waals surface area contributed by atoms with Crippen LogP contribution in [0.5, 0.6) is 0 Å². The lowest BCUT2D eigenvalue weighted by Crippen LogP contribution is -2.34. The van der Waals surface area contributed by atoms with Crippen molar-refractivity contribution in [1.29, 1.82) is 0 Å². The smallest absolute Gasteiger partial charge is 0.102 e. The number of hydrogen-bond donors (Lipinski definition) is 3. The summed E-state index contributed by atoms with van der Waals surface area (Å²) in [5.74, 6) is 0.626. The molecule has 1 aliphatic heterocycles. The molecule has 2 rings (SSSR count). The number of nitrogens with two attached hydrogens (primary N) is 2. The molecule has 1 aromatic carbocycles. The van der Waals surface area contributed by atoms with Crippen LogP contribution in [0.3, 0.4) is 0 Å². The third-order valence-corrected chi connectivity index (χ3v) is 1.96. The summed E-state index contributed by atoms with van der Waals surface area (Å²) in [6.45, 7) is 0. The Morgan fingerprint density at radius 3 is 2.83 bits per heavy atom. The van der Waals surface area contributed by atoms with E-state index in [0.29, 0.717) is 5.82 Å². The van der Waals surface area contributed by atoms with Crippen LogP contribution >= 0.6 is 0 Å². The summed E-state index contributed by atoms with van der Waals surface area (Å²) in [4.78, 5) is 0. The molecule has 3 heteroatoms. The fraction of sp³-hybridized carbons (Fsp3) is 0.111. The summed E-state index contributed by atoms with van der Waals surface area (Å²) < 4.78 is 0. The van der Waals surface area contributed by atoms with Crippen LogP contribution in [0.25, 0.3) is 6.08 Å². The minimum Gasteiger partial charge on any atom is -0.385 e. The highest BCUT2D eigenvalue weighted by Gasteiger charge is 2.13. The van der Waals surface area contributed by atoms with Crippen LogP contribution in [0.1, 0.15) is 17.3 Å². The molecule has 12 heavy (non-hydrogen) atoms. The molecule has 5 N–H and O–H groups in total. The predicted molar refractivity (Wildman–Crippen MR) is 48.7 cm³/mol. The van der Waals surface area contributed by atoms with E-state index in [1.54, 1.807) is 0 Å². The number of nitrogens with one attached hydrogen (secondary N) is 1. The van der Waals surface area contributed by atoms with Crippen molar-refractivity contribution in [2.24, 2.45) is 11.5 Å². The Morgan fingerprint density at radius 2 is 2.00 bits per heavy atom. The highest BCUT2D eigenvalue weighted by Crippen LogP contribution is 2.20. The molecular formula is C9H11N3. The summed E-state index contributed by atoms with van der Waals surface area (Å²) in [7, 11) is 0. The zero-order valence-electron chi connectivity index (χ0n) is 6.62. The lowest BCUT2D eigenvalue weighted by molar-refractivity contribution is 0.612. The molecule has 0 aliphatic carbocycles. The van der Waals surface area contributed by atoms with E-state index in [9.17, 15) is 0 Å². The molecule has 0 fully saturated rings. The molecule has 0 aromatic heterocycles. The van der Waals surface area contributed by atoms with Gasteiger partial charge in [0.15, 0.2) is 0 Å². The molecule has 0 spiro atoms. The molecule has 0 radical (unpaired) electrons. The zero-order valence-corrected chi connectivity index (χ0v) is 6.62. The molecular weight excluding hydrogens is 150 g/mol. The van der Waals surface area contributed by atoms with E-state index < -0.39 is 0 Å². The van der Waals surface area contributed by atoms with Gasteiger partial charge in [0.1, 0.15) is 6.17 Å². The first-order valence-corrected chi connectivity index (χ1v) is 3.85. The fourth-order valence-corrected chi connectivity index (χ4v) is 1.39. The quantitative estimate of drug-likeness (QED) is 0.519. The highest BCUT2D eigenvalue weighted by molar-refractivity contribution is 5.59. The summed E-state index contributed by atoms with van der Waals surface area (Å²) in [6.07, 6.45) is 1.71. The first kappa shape index (κ1) is 7.18. The zero-order chi connectivity index (χ0) is 8.55. The molecule has 0 saturated carbocycles. The third kappa shape index (κ3) is 1.04. The van der Waals surface area contributed by atoms with Crippen LogP contribution in [0.2, 0.25) is 0 Å². The Labute approximate surface area is 71.1 Å². The molecule has 1 heterocycles. The van der Waals surface area contributed by atoms with Crippen LogP contribution in [0, 0.1) is 0 Å². The van der Waals surface area contributed by atoms with Crippen molar-refractivity contribution in [2.75, 3.05) is 0 Å². The molecule has 3 nitrogen and oxygen atoms in total. The van der Waals surface area contributed by atoms with Gasteiger partial charge in [0.25, 0.3) is 0 Å². The molecule has 1 aromatic rings. The van der Waals surface area contributed by atoms with E-state index in [1.807, 2.05) is 30.3 Å². The lowest BCUT2D eigenvalue weighted by atomic mass is 10.0. The first-order valence-electron chi connectivity index (χ1n) is 3.85. The lowest BCUT2D eigenvalue weighted by Gasteiger charge is -2.22. The second-order valence-corrected chi connectivity index (χ2v) is 2.85. The van der Waals surface area contributed by atoms with Crippen LogP contribution in [0.4, 0.5) is 0 Å². The van der Waals surface area contributed by atoms with Gasteiger partial charge in [-0.3, -0.25) is 0 Å². The average Bonchev–Trinajstić information content (AvgIpc) is 2.04. The monoisotopic (exact) mass is 161 g/mol. The van der Waals surface area contributed by atoms with Crippen LogP contribution < -0.4 is 16.8 Å². The Morgan fingerprint density at radius 1 is 1.25 bits per heavy atom. The number of hydrogen-bond acceptors (Lipinski definition) is 3. The maximum absolute atomic E-state index is 5.80. The number of rotatable bonds is 0. The fourth-order valence-electron chi connectivity index (χ4n) is 1.39. The standard InChI is InChI=1S/C9H11N3/c10-8-5-6-3-1-2-4-7(6)9(11)12-8/h1-5,9,12H,10-11H2. The van der Waals surface area contributed by atoms with Crippen molar-refractivity contribution in [3.05, 3.63) is 41.2 Å². The molecule has 0 amide bonds. The number of benzene rings is 1. The van der Waals surface area contributed by atoms with Crippen molar-refractivity contribution in [3.63, 3.8) is 0 Å². The molecule has 1 aliphatic rings. The minimum atomic E-state index is -0.175. The van der Waals surface area contributed by atoms with Crippen molar-refractivity contribution in [2.45, 2.75) is 6.17 Å². The molecule has 1 unspecified atom stereocenters.